The predicted molar refractivity (Wildman–Crippen MR) is 74.0 cm³/mol. The van der Waals surface area contributed by atoms with Crippen molar-refractivity contribution in [2.45, 2.75) is 25.5 Å². The van der Waals surface area contributed by atoms with Crippen LogP contribution in [0.4, 0.5) is 0 Å². The van der Waals surface area contributed by atoms with Crippen LogP contribution in [0.15, 0.2) is 16.6 Å². The van der Waals surface area contributed by atoms with E-state index < -0.39 is 0 Å². The molecule has 1 aliphatic heterocycles. The van der Waals surface area contributed by atoms with Crippen LogP contribution in [0.25, 0.3) is 10.9 Å². The van der Waals surface area contributed by atoms with Crippen molar-refractivity contribution in [1.82, 2.24) is 4.57 Å². The molecule has 0 bridgehead atoms. The molecule has 1 aromatic heterocycles. The molecule has 0 aliphatic carbocycles. The van der Waals surface area contributed by atoms with Gasteiger partial charge in [-0.1, -0.05) is 39.1 Å². The van der Waals surface area contributed by atoms with E-state index in [4.69, 9.17) is 23.2 Å². The van der Waals surface area contributed by atoms with Crippen molar-refractivity contribution in [3.05, 3.63) is 32.3 Å². The lowest BCUT2D eigenvalue weighted by atomic mass is 10.1. The zero-order chi connectivity index (χ0) is 12.2. The summed E-state index contributed by atoms with van der Waals surface area (Å²) in [6.45, 7) is 0.589. The van der Waals surface area contributed by atoms with E-state index in [2.05, 4.69) is 26.6 Å². The second kappa shape index (κ2) is 4.16. The number of fused-ring (bicyclic) bond motifs is 3. The van der Waals surface area contributed by atoms with Crippen molar-refractivity contribution in [2.75, 3.05) is 0 Å². The fraction of sp³-hybridized carbons (Fsp3) is 0.333. The van der Waals surface area contributed by atoms with E-state index in [-0.39, 0.29) is 6.10 Å². The highest BCUT2D eigenvalue weighted by atomic mass is 79.9. The van der Waals surface area contributed by atoms with Crippen molar-refractivity contribution >= 4 is 50.0 Å². The highest BCUT2D eigenvalue weighted by Crippen LogP contribution is 2.39. The molecule has 0 saturated carbocycles. The normalized spacial score (nSPS) is 19.6. The predicted octanol–water partition coefficient (Wildman–Crippen LogP) is 4.02. The van der Waals surface area contributed by atoms with Crippen LogP contribution < -0.4 is 0 Å². The van der Waals surface area contributed by atoms with Gasteiger partial charge in [0.15, 0.2) is 0 Å². The molecule has 1 aromatic carbocycles. The van der Waals surface area contributed by atoms with E-state index in [0.717, 1.165) is 28.2 Å². The van der Waals surface area contributed by atoms with Crippen LogP contribution in [-0.4, -0.2) is 15.8 Å². The van der Waals surface area contributed by atoms with Gasteiger partial charge in [-0.2, -0.15) is 0 Å². The largest absolute Gasteiger partial charge is 0.391 e. The number of benzene rings is 1. The molecular formula is C12H10BrCl2NO. The van der Waals surface area contributed by atoms with Crippen LogP contribution in [-0.2, 0) is 13.0 Å². The zero-order valence-corrected chi connectivity index (χ0v) is 12.0. The number of nitrogens with zero attached hydrogens (tertiary/aromatic N) is 1. The molecule has 1 atom stereocenters. The zero-order valence-electron chi connectivity index (χ0n) is 8.88. The number of rotatable bonds is 0. The van der Waals surface area contributed by atoms with Gasteiger partial charge in [-0.3, -0.25) is 0 Å². The summed E-state index contributed by atoms with van der Waals surface area (Å²) >= 11 is 15.9. The Morgan fingerprint density at radius 1 is 1.35 bits per heavy atom. The van der Waals surface area contributed by atoms with Crippen LogP contribution in [0, 0.1) is 0 Å². The van der Waals surface area contributed by atoms with Gasteiger partial charge in [0.05, 0.1) is 21.7 Å². The third-order valence-corrected chi connectivity index (χ3v) is 4.67. The molecule has 90 valence electrons. The summed E-state index contributed by atoms with van der Waals surface area (Å²) in [5.41, 5.74) is 2.12. The van der Waals surface area contributed by atoms with Crippen LogP contribution in [0.5, 0.6) is 0 Å². The van der Waals surface area contributed by atoms with Gasteiger partial charge in [-0.25, -0.2) is 0 Å². The molecule has 2 heterocycles. The van der Waals surface area contributed by atoms with E-state index in [0.29, 0.717) is 16.6 Å². The van der Waals surface area contributed by atoms with E-state index in [1.807, 2.05) is 6.07 Å². The Balaban J connectivity index is 2.37. The maximum absolute atomic E-state index is 9.75. The SMILES string of the molecule is OC1CCc2cc3c(Br)cc(Cl)c(Cl)c3n2C1. The number of aliphatic hydroxyl groups is 1. The summed E-state index contributed by atoms with van der Waals surface area (Å²) in [7, 11) is 0. The fourth-order valence-electron chi connectivity index (χ4n) is 2.42. The Labute approximate surface area is 117 Å². The number of aromatic nitrogens is 1. The van der Waals surface area contributed by atoms with Gasteiger partial charge in [0, 0.05) is 22.1 Å². The molecule has 0 radical (unpaired) electrons. The number of hydrogen-bond acceptors (Lipinski definition) is 1. The van der Waals surface area contributed by atoms with Crippen LogP contribution in [0.3, 0.4) is 0 Å². The van der Waals surface area contributed by atoms with Crippen LogP contribution >= 0.6 is 39.1 Å². The van der Waals surface area contributed by atoms with Crippen molar-refractivity contribution in [1.29, 1.82) is 0 Å². The second-order valence-electron chi connectivity index (χ2n) is 4.36. The first-order valence-electron chi connectivity index (χ1n) is 5.41. The maximum atomic E-state index is 9.75. The minimum absolute atomic E-state index is 0.299. The van der Waals surface area contributed by atoms with Gasteiger partial charge in [0.1, 0.15) is 0 Å². The fourth-order valence-corrected chi connectivity index (χ4v) is 3.54. The number of halogens is 3. The van der Waals surface area contributed by atoms with Crippen molar-refractivity contribution in [3.63, 3.8) is 0 Å². The van der Waals surface area contributed by atoms with Gasteiger partial charge in [-0.15, -0.1) is 0 Å². The van der Waals surface area contributed by atoms with Gasteiger partial charge in [0.2, 0.25) is 0 Å². The minimum Gasteiger partial charge on any atom is -0.391 e. The molecule has 5 heteroatoms. The van der Waals surface area contributed by atoms with Gasteiger partial charge >= 0.3 is 0 Å². The minimum atomic E-state index is -0.299. The molecule has 0 fully saturated rings. The van der Waals surface area contributed by atoms with Gasteiger partial charge in [-0.05, 0) is 25.0 Å². The molecule has 2 nitrogen and oxygen atoms in total. The van der Waals surface area contributed by atoms with Crippen LogP contribution in [0.2, 0.25) is 10.0 Å². The second-order valence-corrected chi connectivity index (χ2v) is 5.99. The Kier molecular flexibility index (Phi) is 2.90. The molecular weight excluding hydrogens is 325 g/mol. The molecule has 2 aromatic rings. The first-order valence-corrected chi connectivity index (χ1v) is 6.96. The number of aliphatic hydroxyl groups excluding tert-OH is 1. The summed E-state index contributed by atoms with van der Waals surface area (Å²) in [4.78, 5) is 0. The summed E-state index contributed by atoms with van der Waals surface area (Å²) in [6, 6.07) is 3.93. The lowest BCUT2D eigenvalue weighted by Crippen LogP contribution is -2.23. The van der Waals surface area contributed by atoms with Gasteiger partial charge < -0.3 is 9.67 Å². The number of hydrogen-bond donors (Lipinski definition) is 1. The van der Waals surface area contributed by atoms with E-state index in [9.17, 15) is 5.11 Å². The highest BCUT2D eigenvalue weighted by molar-refractivity contribution is 9.10. The molecule has 0 spiro atoms. The molecule has 1 N–H and O–H groups in total. The average Bonchev–Trinajstić information content (AvgIpc) is 2.65. The van der Waals surface area contributed by atoms with Crippen molar-refractivity contribution in [2.24, 2.45) is 0 Å². The first-order chi connectivity index (χ1) is 8.08. The molecule has 0 amide bonds. The third-order valence-electron chi connectivity index (χ3n) is 3.24. The molecule has 17 heavy (non-hydrogen) atoms. The Morgan fingerprint density at radius 3 is 2.88 bits per heavy atom. The van der Waals surface area contributed by atoms with E-state index in [1.54, 1.807) is 0 Å². The molecule has 3 rings (SSSR count). The Morgan fingerprint density at radius 2 is 2.12 bits per heavy atom. The summed E-state index contributed by atoms with van der Waals surface area (Å²) in [5.74, 6) is 0. The maximum Gasteiger partial charge on any atom is 0.0836 e. The summed E-state index contributed by atoms with van der Waals surface area (Å²) < 4.78 is 3.01. The quantitative estimate of drug-likeness (QED) is 0.723. The first kappa shape index (κ1) is 11.8. The summed E-state index contributed by atoms with van der Waals surface area (Å²) in [6.07, 6.45) is 1.38. The number of aryl methyl sites for hydroxylation is 1. The lowest BCUT2D eigenvalue weighted by molar-refractivity contribution is 0.133. The smallest absolute Gasteiger partial charge is 0.0836 e. The molecule has 0 saturated heterocycles. The van der Waals surface area contributed by atoms with Gasteiger partial charge in [0.25, 0.3) is 0 Å². The van der Waals surface area contributed by atoms with E-state index in [1.165, 1.54) is 5.69 Å². The van der Waals surface area contributed by atoms with E-state index >= 15 is 0 Å². The Hall–Kier alpha value is -0.220. The topological polar surface area (TPSA) is 25.2 Å². The third kappa shape index (κ3) is 1.80. The average molecular weight is 335 g/mol. The monoisotopic (exact) mass is 333 g/mol. The van der Waals surface area contributed by atoms with Crippen LogP contribution in [0.1, 0.15) is 12.1 Å². The molecule has 1 aliphatic rings. The van der Waals surface area contributed by atoms with Crippen molar-refractivity contribution in [3.8, 4) is 0 Å². The Bertz CT molecular complexity index is 608. The standard InChI is InChI=1S/C12H10BrCl2NO/c13-9-4-10(14)11(15)12-8(9)3-6-1-2-7(17)5-16(6)12/h3-4,7,17H,1-2,5H2. The molecule has 1 unspecified atom stereocenters. The summed E-state index contributed by atoms with van der Waals surface area (Å²) in [5, 5.41) is 11.9. The lowest BCUT2D eigenvalue weighted by Gasteiger charge is -2.21. The van der Waals surface area contributed by atoms with Crippen molar-refractivity contribution < 1.29 is 5.11 Å². The highest BCUT2D eigenvalue weighted by Gasteiger charge is 2.22.